The summed E-state index contributed by atoms with van der Waals surface area (Å²) in [5.41, 5.74) is 5.67. The Balaban J connectivity index is 1.63. The Labute approximate surface area is 182 Å². The fourth-order valence-corrected chi connectivity index (χ4v) is 5.11. The minimum Gasteiger partial charge on any atom is -0.446 e. The summed E-state index contributed by atoms with van der Waals surface area (Å²) in [6.07, 6.45) is 5.66. The van der Waals surface area contributed by atoms with Gasteiger partial charge in [0.1, 0.15) is 12.1 Å². The molecule has 0 aromatic carbocycles. The molecule has 10 nitrogen and oxygen atoms in total. The zero-order valence-corrected chi connectivity index (χ0v) is 18.1. The summed E-state index contributed by atoms with van der Waals surface area (Å²) >= 11 is 0. The number of alkyl carbamates (subject to hydrolysis) is 1. The molecule has 0 aromatic heterocycles. The minimum absolute atomic E-state index is 0.0210. The van der Waals surface area contributed by atoms with Crippen LogP contribution in [0.1, 0.15) is 58.3 Å². The Morgan fingerprint density at radius 2 is 1.90 bits per heavy atom. The van der Waals surface area contributed by atoms with Crippen LogP contribution < -0.4 is 11.1 Å². The van der Waals surface area contributed by atoms with Crippen LogP contribution >= 0.6 is 0 Å². The molecule has 1 unspecified atom stereocenters. The topological polar surface area (TPSA) is 142 Å². The van der Waals surface area contributed by atoms with E-state index < -0.39 is 24.0 Å². The number of imide groups is 1. The van der Waals surface area contributed by atoms with Gasteiger partial charge in [-0.25, -0.2) is 9.86 Å². The van der Waals surface area contributed by atoms with E-state index in [1.54, 1.807) is 0 Å². The third kappa shape index (κ3) is 5.74. The molecule has 31 heavy (non-hydrogen) atoms. The van der Waals surface area contributed by atoms with E-state index in [0.29, 0.717) is 43.2 Å². The Kier molecular flexibility index (Phi) is 7.88. The lowest BCUT2D eigenvalue weighted by Gasteiger charge is -2.34. The molecule has 0 bridgehead atoms. The standard InChI is InChI=1S/C21H34N4O6/c1-13(14-5-2-3-6-14)17(11-24(30)12-26)20(28)25-8-4-7-18(25)19(27)23-21(29)31-16-9-15(22)10-16/h12-18,30H,2-11,22H2,1H3,(H,23,27,29)/t13-,15?,16?,17?,18+/m1/s1. The highest BCUT2D eigenvalue weighted by atomic mass is 16.6. The molecule has 3 rings (SSSR count). The fraction of sp³-hybridized carbons (Fsp3) is 0.810. The van der Waals surface area contributed by atoms with E-state index in [2.05, 4.69) is 5.32 Å². The van der Waals surface area contributed by atoms with E-state index in [1.165, 1.54) is 4.90 Å². The monoisotopic (exact) mass is 438 g/mol. The van der Waals surface area contributed by atoms with Crippen molar-refractivity contribution in [2.75, 3.05) is 13.1 Å². The number of nitrogens with one attached hydrogen (secondary N) is 1. The zero-order valence-electron chi connectivity index (χ0n) is 18.1. The number of amides is 4. The molecule has 0 radical (unpaired) electrons. The van der Waals surface area contributed by atoms with Crippen LogP contribution in [-0.4, -0.2) is 70.8 Å². The maximum Gasteiger partial charge on any atom is 0.414 e. The summed E-state index contributed by atoms with van der Waals surface area (Å²) in [5.74, 6) is -1.15. The molecule has 2 aliphatic carbocycles. The first-order valence-electron chi connectivity index (χ1n) is 11.3. The average Bonchev–Trinajstić information content (AvgIpc) is 3.41. The fourth-order valence-electron chi connectivity index (χ4n) is 5.11. The summed E-state index contributed by atoms with van der Waals surface area (Å²) < 4.78 is 5.17. The van der Waals surface area contributed by atoms with Crippen LogP contribution in [0, 0.1) is 17.8 Å². The second-order valence-electron chi connectivity index (χ2n) is 9.18. The van der Waals surface area contributed by atoms with Crippen LogP contribution in [-0.2, 0) is 19.1 Å². The number of nitrogens with two attached hydrogens (primary N) is 1. The third-order valence-electron chi connectivity index (χ3n) is 7.07. The molecule has 0 spiro atoms. The van der Waals surface area contributed by atoms with Crippen molar-refractivity contribution in [1.29, 1.82) is 0 Å². The maximum absolute atomic E-state index is 13.4. The first-order valence-corrected chi connectivity index (χ1v) is 11.3. The van der Waals surface area contributed by atoms with E-state index in [-0.39, 0.29) is 36.9 Å². The molecule has 174 valence electrons. The van der Waals surface area contributed by atoms with Gasteiger partial charge in [-0.2, -0.15) is 0 Å². The van der Waals surface area contributed by atoms with Crippen molar-refractivity contribution < 1.29 is 29.1 Å². The molecule has 10 heteroatoms. The lowest BCUT2D eigenvalue weighted by Crippen LogP contribution is -2.52. The second kappa shape index (κ2) is 10.4. The highest BCUT2D eigenvalue weighted by molar-refractivity contribution is 5.97. The van der Waals surface area contributed by atoms with Crippen LogP contribution in [0.5, 0.6) is 0 Å². The SMILES string of the molecule is C[C@H](C1CCCC1)C(CN(O)C=O)C(=O)N1CCC[C@H]1C(=O)NC(=O)OC1CC(N)C1. The van der Waals surface area contributed by atoms with E-state index in [0.717, 1.165) is 25.7 Å². The number of rotatable bonds is 8. The smallest absolute Gasteiger partial charge is 0.414 e. The molecule has 3 fully saturated rings. The summed E-state index contributed by atoms with van der Waals surface area (Å²) in [6, 6.07) is -0.752. The Bertz CT molecular complexity index is 677. The number of hydrogen-bond acceptors (Lipinski definition) is 7. The van der Waals surface area contributed by atoms with Crippen LogP contribution in [0.15, 0.2) is 0 Å². The van der Waals surface area contributed by atoms with Crippen molar-refractivity contribution in [3.63, 3.8) is 0 Å². The molecule has 3 atom stereocenters. The summed E-state index contributed by atoms with van der Waals surface area (Å²) in [4.78, 5) is 50.6. The number of hydroxylamine groups is 2. The Morgan fingerprint density at radius 3 is 2.52 bits per heavy atom. The number of carbonyl (C=O) groups is 4. The van der Waals surface area contributed by atoms with Gasteiger partial charge in [0, 0.05) is 12.6 Å². The molecule has 4 N–H and O–H groups in total. The van der Waals surface area contributed by atoms with Gasteiger partial charge in [-0.05, 0) is 37.5 Å². The normalized spacial score (nSPS) is 27.8. The molecule has 1 aliphatic heterocycles. The van der Waals surface area contributed by atoms with Crippen LogP contribution in [0.4, 0.5) is 4.79 Å². The first-order chi connectivity index (χ1) is 14.8. The van der Waals surface area contributed by atoms with Crippen molar-refractivity contribution in [2.45, 2.75) is 76.5 Å². The summed E-state index contributed by atoms with van der Waals surface area (Å²) in [6.45, 7) is 2.25. The van der Waals surface area contributed by atoms with Gasteiger partial charge in [0.25, 0.3) is 5.91 Å². The molecule has 1 heterocycles. The third-order valence-corrected chi connectivity index (χ3v) is 7.07. The molecule has 0 aromatic rings. The Morgan fingerprint density at radius 1 is 1.23 bits per heavy atom. The van der Waals surface area contributed by atoms with Gasteiger partial charge in [-0.15, -0.1) is 0 Å². The molecule has 2 saturated carbocycles. The maximum atomic E-state index is 13.4. The number of carbonyl (C=O) groups excluding carboxylic acids is 4. The quantitative estimate of drug-likeness (QED) is 0.292. The van der Waals surface area contributed by atoms with Gasteiger partial charge in [0.2, 0.25) is 12.3 Å². The minimum atomic E-state index is -0.820. The highest BCUT2D eigenvalue weighted by Crippen LogP contribution is 2.37. The number of hydrogen-bond donors (Lipinski definition) is 3. The van der Waals surface area contributed by atoms with Crippen molar-refractivity contribution in [3.05, 3.63) is 0 Å². The van der Waals surface area contributed by atoms with Crippen LogP contribution in [0.25, 0.3) is 0 Å². The van der Waals surface area contributed by atoms with E-state index in [4.69, 9.17) is 10.5 Å². The van der Waals surface area contributed by atoms with Crippen molar-refractivity contribution in [1.82, 2.24) is 15.3 Å². The predicted octanol–water partition coefficient (Wildman–Crippen LogP) is 1.01. The van der Waals surface area contributed by atoms with Crippen molar-refractivity contribution in [2.24, 2.45) is 23.5 Å². The molecular weight excluding hydrogens is 404 g/mol. The first kappa shape index (κ1) is 23.5. The van der Waals surface area contributed by atoms with E-state index >= 15 is 0 Å². The van der Waals surface area contributed by atoms with E-state index in [9.17, 15) is 24.4 Å². The average molecular weight is 439 g/mol. The molecule has 1 saturated heterocycles. The number of ether oxygens (including phenoxy) is 1. The van der Waals surface area contributed by atoms with Gasteiger partial charge >= 0.3 is 6.09 Å². The van der Waals surface area contributed by atoms with Gasteiger partial charge in [-0.1, -0.05) is 32.6 Å². The predicted molar refractivity (Wildman–Crippen MR) is 110 cm³/mol. The number of likely N-dealkylation sites (tertiary alicyclic amines) is 1. The van der Waals surface area contributed by atoms with Gasteiger partial charge in [0.05, 0.1) is 12.5 Å². The van der Waals surface area contributed by atoms with Crippen LogP contribution in [0.3, 0.4) is 0 Å². The Hall–Kier alpha value is -2.20. The number of nitrogens with zero attached hydrogens (tertiary/aromatic N) is 2. The molecular formula is C21H34N4O6. The summed E-state index contributed by atoms with van der Waals surface area (Å²) in [7, 11) is 0. The highest BCUT2D eigenvalue weighted by Gasteiger charge is 2.42. The largest absolute Gasteiger partial charge is 0.446 e. The lowest BCUT2D eigenvalue weighted by molar-refractivity contribution is -0.160. The molecule has 3 aliphatic rings. The second-order valence-corrected chi connectivity index (χ2v) is 9.18. The zero-order chi connectivity index (χ0) is 22.5. The van der Waals surface area contributed by atoms with Gasteiger partial charge in [-0.3, -0.25) is 24.9 Å². The van der Waals surface area contributed by atoms with Crippen LogP contribution in [0.2, 0.25) is 0 Å². The van der Waals surface area contributed by atoms with Gasteiger partial charge in [0.15, 0.2) is 0 Å². The van der Waals surface area contributed by atoms with E-state index in [1.807, 2.05) is 6.92 Å². The molecule has 4 amide bonds. The van der Waals surface area contributed by atoms with Gasteiger partial charge < -0.3 is 15.4 Å². The lowest BCUT2D eigenvalue weighted by atomic mass is 9.80. The van der Waals surface area contributed by atoms with Crippen molar-refractivity contribution >= 4 is 24.3 Å². The summed E-state index contributed by atoms with van der Waals surface area (Å²) in [5, 5.41) is 12.5. The van der Waals surface area contributed by atoms with Crippen molar-refractivity contribution in [3.8, 4) is 0 Å².